The molecule has 3 heterocycles. The SMILES string of the molecule is Cc1ccc2nc(N3C(=O)C(=O)/C(=C(/O)c4ccc(F)cc4)C3c3ccc(C)o3)sc2c1. The van der Waals surface area contributed by atoms with Crippen molar-refractivity contribution in [2.45, 2.75) is 19.9 Å². The van der Waals surface area contributed by atoms with Crippen molar-refractivity contribution in [2.75, 3.05) is 4.90 Å². The molecule has 6 nitrogen and oxygen atoms in total. The highest BCUT2D eigenvalue weighted by molar-refractivity contribution is 7.22. The molecule has 0 aliphatic carbocycles. The third-order valence-electron chi connectivity index (χ3n) is 5.33. The van der Waals surface area contributed by atoms with Crippen LogP contribution in [0, 0.1) is 19.7 Å². The zero-order valence-corrected chi connectivity index (χ0v) is 17.9. The molecule has 5 rings (SSSR count). The molecule has 1 aliphatic heterocycles. The smallest absolute Gasteiger partial charge is 0.302 e. The van der Waals surface area contributed by atoms with E-state index in [9.17, 15) is 19.1 Å². The summed E-state index contributed by atoms with van der Waals surface area (Å²) in [5.41, 5.74) is 1.83. The third kappa shape index (κ3) is 3.20. The second-order valence-corrected chi connectivity index (χ2v) is 8.60. The number of halogens is 1. The number of fused-ring (bicyclic) bond motifs is 1. The fourth-order valence-electron chi connectivity index (χ4n) is 3.79. The number of thiazole rings is 1. The predicted octanol–water partition coefficient (Wildman–Crippen LogP) is 5.27. The van der Waals surface area contributed by atoms with Crippen molar-refractivity contribution in [3.8, 4) is 0 Å². The number of hydrogen-bond acceptors (Lipinski definition) is 6. The largest absolute Gasteiger partial charge is 0.507 e. The minimum absolute atomic E-state index is 0.133. The van der Waals surface area contributed by atoms with E-state index in [2.05, 4.69) is 4.98 Å². The molecule has 0 radical (unpaired) electrons. The molecule has 2 aromatic heterocycles. The van der Waals surface area contributed by atoms with Crippen LogP contribution in [0.3, 0.4) is 0 Å². The number of anilines is 1. The number of Topliss-reactive ketones (excluding diaryl/α,β-unsaturated/α-hetero) is 1. The summed E-state index contributed by atoms with van der Waals surface area (Å²) in [5, 5.41) is 11.3. The van der Waals surface area contributed by atoms with Crippen molar-refractivity contribution in [3.05, 3.63) is 88.6 Å². The highest BCUT2D eigenvalue weighted by Gasteiger charge is 2.49. The van der Waals surface area contributed by atoms with E-state index in [4.69, 9.17) is 4.42 Å². The standard InChI is InChI=1S/C24H17FN2O4S/c1-12-3-9-16-18(11-12)32-24(26-16)27-20(17-10-4-13(2)31-17)19(22(29)23(27)30)21(28)14-5-7-15(25)8-6-14/h3-11,20,28H,1-2H3/b21-19+. The van der Waals surface area contributed by atoms with E-state index in [0.29, 0.717) is 22.2 Å². The van der Waals surface area contributed by atoms with E-state index in [0.717, 1.165) is 10.3 Å². The first-order chi connectivity index (χ1) is 15.3. The van der Waals surface area contributed by atoms with Gasteiger partial charge in [-0.25, -0.2) is 9.37 Å². The number of aromatic nitrogens is 1. The average molecular weight is 448 g/mol. The normalized spacial score (nSPS) is 18.1. The highest BCUT2D eigenvalue weighted by atomic mass is 32.1. The van der Waals surface area contributed by atoms with Crippen LogP contribution < -0.4 is 4.90 Å². The molecule has 1 amide bonds. The summed E-state index contributed by atoms with van der Waals surface area (Å²) < 4.78 is 20.0. The zero-order chi connectivity index (χ0) is 22.6. The molecule has 1 saturated heterocycles. The maximum atomic E-state index is 13.4. The molecule has 1 N–H and O–H groups in total. The van der Waals surface area contributed by atoms with Crippen molar-refractivity contribution in [1.29, 1.82) is 0 Å². The van der Waals surface area contributed by atoms with Gasteiger partial charge in [0.2, 0.25) is 0 Å². The molecular formula is C24H17FN2O4S. The number of amides is 1. The number of carbonyl (C=O) groups excluding carboxylic acids is 2. The maximum absolute atomic E-state index is 13.4. The number of ketones is 1. The Balaban J connectivity index is 1.72. The number of carbonyl (C=O) groups is 2. The van der Waals surface area contributed by atoms with Gasteiger partial charge in [-0.05, 0) is 67.9 Å². The van der Waals surface area contributed by atoms with Gasteiger partial charge < -0.3 is 9.52 Å². The Hall–Kier alpha value is -3.78. The number of aryl methyl sites for hydroxylation is 2. The number of furan rings is 1. The van der Waals surface area contributed by atoms with Crippen LogP contribution in [0.15, 0.2) is 64.6 Å². The van der Waals surface area contributed by atoms with Crippen molar-refractivity contribution >= 4 is 44.1 Å². The van der Waals surface area contributed by atoms with Crippen LogP contribution in [-0.2, 0) is 9.59 Å². The first kappa shape index (κ1) is 20.1. The second-order valence-electron chi connectivity index (χ2n) is 7.59. The number of benzene rings is 2. The lowest BCUT2D eigenvalue weighted by Crippen LogP contribution is -2.29. The van der Waals surface area contributed by atoms with Gasteiger partial charge in [-0.3, -0.25) is 14.5 Å². The Kier molecular flexibility index (Phi) is 4.67. The fraction of sp³-hybridized carbons (Fsp3) is 0.125. The molecule has 2 aromatic carbocycles. The number of aliphatic hydroxyl groups is 1. The Bertz CT molecular complexity index is 1420. The van der Waals surface area contributed by atoms with Crippen LogP contribution in [0.2, 0.25) is 0 Å². The third-order valence-corrected chi connectivity index (χ3v) is 6.35. The molecule has 0 saturated carbocycles. The Morgan fingerprint density at radius 1 is 1.09 bits per heavy atom. The summed E-state index contributed by atoms with van der Waals surface area (Å²) in [4.78, 5) is 32.0. The van der Waals surface area contributed by atoms with E-state index in [-0.39, 0.29) is 11.1 Å². The topological polar surface area (TPSA) is 83.6 Å². The number of hydrogen-bond donors (Lipinski definition) is 1. The summed E-state index contributed by atoms with van der Waals surface area (Å²) in [6.45, 7) is 3.70. The van der Waals surface area contributed by atoms with Gasteiger partial charge in [-0.15, -0.1) is 0 Å². The molecule has 32 heavy (non-hydrogen) atoms. The molecule has 1 aliphatic rings. The second kappa shape index (κ2) is 7.42. The van der Waals surface area contributed by atoms with Gasteiger partial charge in [0, 0.05) is 5.56 Å². The van der Waals surface area contributed by atoms with E-state index < -0.39 is 29.3 Å². The van der Waals surface area contributed by atoms with Crippen LogP contribution in [0.1, 0.15) is 28.7 Å². The summed E-state index contributed by atoms with van der Waals surface area (Å²) in [7, 11) is 0. The Labute approximate surface area is 186 Å². The molecule has 8 heteroatoms. The molecule has 0 spiro atoms. The van der Waals surface area contributed by atoms with Gasteiger partial charge in [0.15, 0.2) is 5.13 Å². The van der Waals surface area contributed by atoms with Crippen molar-refractivity contribution in [1.82, 2.24) is 4.98 Å². The quantitative estimate of drug-likeness (QED) is 0.262. The van der Waals surface area contributed by atoms with Crippen LogP contribution in [0.25, 0.3) is 16.0 Å². The van der Waals surface area contributed by atoms with E-state index in [1.807, 2.05) is 25.1 Å². The molecular weight excluding hydrogens is 431 g/mol. The summed E-state index contributed by atoms with van der Waals surface area (Å²) in [5.74, 6) is -1.65. The minimum atomic E-state index is -1.00. The van der Waals surface area contributed by atoms with Gasteiger partial charge in [0.05, 0.1) is 15.8 Å². The number of nitrogens with zero attached hydrogens (tertiary/aromatic N) is 2. The van der Waals surface area contributed by atoms with Gasteiger partial charge in [0.1, 0.15) is 29.1 Å². The van der Waals surface area contributed by atoms with Gasteiger partial charge in [-0.1, -0.05) is 17.4 Å². The Morgan fingerprint density at radius 2 is 1.84 bits per heavy atom. The highest BCUT2D eigenvalue weighted by Crippen LogP contribution is 2.44. The zero-order valence-electron chi connectivity index (χ0n) is 17.1. The monoisotopic (exact) mass is 448 g/mol. The van der Waals surface area contributed by atoms with Crippen molar-refractivity contribution in [2.24, 2.45) is 0 Å². The molecule has 4 aromatic rings. The van der Waals surface area contributed by atoms with E-state index in [1.54, 1.807) is 19.1 Å². The summed E-state index contributed by atoms with van der Waals surface area (Å²) in [6, 6.07) is 13.1. The van der Waals surface area contributed by atoms with E-state index in [1.165, 1.54) is 40.5 Å². The Morgan fingerprint density at radius 3 is 2.53 bits per heavy atom. The lowest BCUT2D eigenvalue weighted by molar-refractivity contribution is -0.132. The average Bonchev–Trinajstić information content (AvgIpc) is 3.44. The first-order valence-electron chi connectivity index (χ1n) is 9.84. The molecule has 1 fully saturated rings. The van der Waals surface area contributed by atoms with Gasteiger partial charge in [0.25, 0.3) is 5.78 Å². The molecule has 1 unspecified atom stereocenters. The molecule has 160 valence electrons. The summed E-state index contributed by atoms with van der Waals surface area (Å²) in [6.07, 6.45) is 0. The first-order valence-corrected chi connectivity index (χ1v) is 10.7. The molecule has 1 atom stereocenters. The van der Waals surface area contributed by atoms with Gasteiger partial charge >= 0.3 is 5.91 Å². The van der Waals surface area contributed by atoms with Crippen LogP contribution in [-0.4, -0.2) is 21.8 Å². The lowest BCUT2D eigenvalue weighted by atomic mass is 9.99. The predicted molar refractivity (Wildman–Crippen MR) is 119 cm³/mol. The van der Waals surface area contributed by atoms with Crippen LogP contribution >= 0.6 is 11.3 Å². The van der Waals surface area contributed by atoms with Crippen molar-refractivity contribution < 1.29 is 23.5 Å². The molecule has 0 bridgehead atoms. The maximum Gasteiger partial charge on any atom is 0.302 e. The lowest BCUT2D eigenvalue weighted by Gasteiger charge is -2.20. The number of rotatable bonds is 3. The van der Waals surface area contributed by atoms with Crippen LogP contribution in [0.4, 0.5) is 9.52 Å². The van der Waals surface area contributed by atoms with Crippen LogP contribution in [0.5, 0.6) is 0 Å². The minimum Gasteiger partial charge on any atom is -0.507 e. The van der Waals surface area contributed by atoms with E-state index >= 15 is 0 Å². The fourth-order valence-corrected chi connectivity index (χ4v) is 4.88. The number of aliphatic hydroxyl groups excluding tert-OH is 1. The summed E-state index contributed by atoms with van der Waals surface area (Å²) >= 11 is 1.28. The van der Waals surface area contributed by atoms with Crippen molar-refractivity contribution in [3.63, 3.8) is 0 Å². The van der Waals surface area contributed by atoms with Gasteiger partial charge in [-0.2, -0.15) is 0 Å².